The molecule has 2 rings (SSSR count). The molecule has 1 aromatic heterocycles. The lowest BCUT2D eigenvalue weighted by Crippen LogP contribution is -2.27. The summed E-state index contributed by atoms with van der Waals surface area (Å²) in [5, 5.41) is 18.2. The molecule has 0 bridgehead atoms. The van der Waals surface area contributed by atoms with E-state index in [1.807, 2.05) is 26.1 Å². The summed E-state index contributed by atoms with van der Waals surface area (Å²) in [5.41, 5.74) is 2.87. The van der Waals surface area contributed by atoms with E-state index in [9.17, 15) is 5.11 Å². The number of rotatable bonds is 5. The Morgan fingerprint density at radius 3 is 2.67 bits per heavy atom. The number of nitrogens with zero attached hydrogens (tertiary/aromatic N) is 2. The van der Waals surface area contributed by atoms with Crippen molar-refractivity contribution < 1.29 is 5.11 Å². The number of hydrogen-bond acceptors (Lipinski definition) is 3. The molecule has 2 unspecified atom stereocenters. The Morgan fingerprint density at radius 1 is 1.33 bits per heavy atom. The zero-order valence-electron chi connectivity index (χ0n) is 12.3. The first-order valence-corrected chi connectivity index (χ1v) is 7.57. The molecule has 2 N–H and O–H groups in total. The number of aliphatic hydroxyl groups is 1. The first kappa shape index (κ1) is 16.3. The van der Waals surface area contributed by atoms with Gasteiger partial charge in [0.25, 0.3) is 0 Å². The van der Waals surface area contributed by atoms with Gasteiger partial charge in [-0.2, -0.15) is 5.10 Å². The van der Waals surface area contributed by atoms with Crippen LogP contribution in [0, 0.1) is 6.92 Å². The molecular weight excluding hydrogens is 309 g/mol. The molecule has 6 heteroatoms. The number of aromatic nitrogens is 2. The summed E-state index contributed by atoms with van der Waals surface area (Å²) in [7, 11) is 0. The average Bonchev–Trinajstić information content (AvgIpc) is 2.78. The Kier molecular flexibility index (Phi) is 5.27. The summed E-state index contributed by atoms with van der Waals surface area (Å²) in [6.07, 6.45) is 1.44. The summed E-state index contributed by atoms with van der Waals surface area (Å²) < 4.78 is 1.80. The van der Waals surface area contributed by atoms with E-state index in [0.29, 0.717) is 16.6 Å². The van der Waals surface area contributed by atoms with Crippen LogP contribution in [0.15, 0.2) is 24.4 Å². The van der Waals surface area contributed by atoms with Crippen molar-refractivity contribution in [1.29, 1.82) is 0 Å². The molecule has 0 saturated carbocycles. The highest BCUT2D eigenvalue weighted by molar-refractivity contribution is 6.35. The van der Waals surface area contributed by atoms with Crippen molar-refractivity contribution in [3.8, 4) is 5.69 Å². The molecule has 0 spiro atoms. The molecule has 0 aliphatic heterocycles. The van der Waals surface area contributed by atoms with Crippen molar-refractivity contribution in [1.82, 2.24) is 15.1 Å². The molecule has 1 heterocycles. The minimum absolute atomic E-state index is 0.0967. The van der Waals surface area contributed by atoms with E-state index in [0.717, 1.165) is 16.9 Å². The van der Waals surface area contributed by atoms with Crippen molar-refractivity contribution in [3.05, 3.63) is 45.7 Å². The normalized spacial score (nSPS) is 14.2. The van der Waals surface area contributed by atoms with Crippen LogP contribution in [0.2, 0.25) is 10.0 Å². The van der Waals surface area contributed by atoms with Gasteiger partial charge in [-0.15, -0.1) is 0 Å². The van der Waals surface area contributed by atoms with E-state index >= 15 is 0 Å². The topological polar surface area (TPSA) is 50.1 Å². The first-order valence-electron chi connectivity index (χ1n) is 6.81. The second-order valence-corrected chi connectivity index (χ2v) is 6.02. The lowest BCUT2D eigenvalue weighted by molar-refractivity contribution is 0.187. The lowest BCUT2D eigenvalue weighted by atomic mass is 10.1. The molecule has 21 heavy (non-hydrogen) atoms. The van der Waals surface area contributed by atoms with E-state index in [2.05, 4.69) is 10.4 Å². The van der Waals surface area contributed by atoms with Gasteiger partial charge >= 0.3 is 0 Å². The standard InChI is InChI=1S/C15H19Cl2N3O/c1-9(21)7-18-10(2)13-8-19-20(11(13)3)15-5-4-12(16)6-14(15)17/h4-6,8-10,18,21H,7H2,1-3H3. The van der Waals surface area contributed by atoms with Crippen LogP contribution in [-0.4, -0.2) is 27.5 Å². The fourth-order valence-corrected chi connectivity index (χ4v) is 2.69. The average molecular weight is 328 g/mol. The van der Waals surface area contributed by atoms with E-state index in [1.165, 1.54) is 0 Å². The van der Waals surface area contributed by atoms with E-state index in [4.69, 9.17) is 23.2 Å². The van der Waals surface area contributed by atoms with Gasteiger partial charge in [-0.3, -0.25) is 0 Å². The maximum atomic E-state index is 9.35. The minimum Gasteiger partial charge on any atom is -0.392 e. The smallest absolute Gasteiger partial charge is 0.0836 e. The number of halogens is 2. The molecule has 0 radical (unpaired) electrons. The predicted octanol–water partition coefficient (Wildman–Crippen LogP) is 3.52. The van der Waals surface area contributed by atoms with Gasteiger partial charge in [-0.1, -0.05) is 23.2 Å². The van der Waals surface area contributed by atoms with Gasteiger partial charge in [0, 0.05) is 28.9 Å². The van der Waals surface area contributed by atoms with Crippen LogP contribution in [0.1, 0.15) is 31.1 Å². The Morgan fingerprint density at radius 2 is 2.05 bits per heavy atom. The molecule has 2 aromatic rings. The fraction of sp³-hybridized carbons (Fsp3) is 0.400. The van der Waals surface area contributed by atoms with Gasteiger partial charge < -0.3 is 10.4 Å². The van der Waals surface area contributed by atoms with Gasteiger partial charge in [0.05, 0.1) is 23.0 Å². The summed E-state index contributed by atoms with van der Waals surface area (Å²) in [6.45, 7) is 6.32. The maximum absolute atomic E-state index is 9.35. The van der Waals surface area contributed by atoms with Gasteiger partial charge in [-0.05, 0) is 39.0 Å². The summed E-state index contributed by atoms with van der Waals surface area (Å²) >= 11 is 12.2. The summed E-state index contributed by atoms with van der Waals surface area (Å²) in [6, 6.07) is 5.44. The zero-order valence-corrected chi connectivity index (χ0v) is 13.8. The number of aliphatic hydroxyl groups excluding tert-OH is 1. The van der Waals surface area contributed by atoms with Crippen molar-refractivity contribution in [2.45, 2.75) is 32.9 Å². The molecule has 0 aliphatic rings. The third-order valence-electron chi connectivity index (χ3n) is 3.37. The minimum atomic E-state index is -0.381. The molecule has 0 fully saturated rings. The molecule has 114 valence electrons. The lowest BCUT2D eigenvalue weighted by Gasteiger charge is -2.15. The van der Waals surface area contributed by atoms with E-state index in [-0.39, 0.29) is 12.1 Å². The second-order valence-electron chi connectivity index (χ2n) is 5.17. The van der Waals surface area contributed by atoms with E-state index in [1.54, 1.807) is 23.7 Å². The van der Waals surface area contributed by atoms with Crippen molar-refractivity contribution in [2.24, 2.45) is 0 Å². The third-order valence-corrected chi connectivity index (χ3v) is 3.91. The fourth-order valence-electron chi connectivity index (χ4n) is 2.20. The molecule has 0 amide bonds. The number of benzene rings is 1. The maximum Gasteiger partial charge on any atom is 0.0836 e. The second kappa shape index (κ2) is 6.79. The van der Waals surface area contributed by atoms with Gasteiger partial charge in [-0.25, -0.2) is 4.68 Å². The van der Waals surface area contributed by atoms with Gasteiger partial charge in [0.1, 0.15) is 0 Å². The monoisotopic (exact) mass is 327 g/mol. The molecule has 1 aromatic carbocycles. The molecule has 2 atom stereocenters. The van der Waals surface area contributed by atoms with Crippen molar-refractivity contribution in [2.75, 3.05) is 6.54 Å². The Bertz CT molecular complexity index is 625. The van der Waals surface area contributed by atoms with Crippen molar-refractivity contribution in [3.63, 3.8) is 0 Å². The van der Waals surface area contributed by atoms with Crippen LogP contribution in [0.5, 0.6) is 0 Å². The highest BCUT2D eigenvalue weighted by Crippen LogP contribution is 2.27. The highest BCUT2D eigenvalue weighted by atomic mass is 35.5. The Balaban J connectivity index is 2.28. The van der Waals surface area contributed by atoms with E-state index < -0.39 is 0 Å². The van der Waals surface area contributed by atoms with Crippen LogP contribution < -0.4 is 5.32 Å². The Labute approximate surface area is 134 Å². The van der Waals surface area contributed by atoms with Crippen LogP contribution >= 0.6 is 23.2 Å². The van der Waals surface area contributed by atoms with Crippen LogP contribution in [0.4, 0.5) is 0 Å². The van der Waals surface area contributed by atoms with Crippen molar-refractivity contribution >= 4 is 23.2 Å². The van der Waals surface area contributed by atoms with Crippen LogP contribution in [0.3, 0.4) is 0 Å². The number of nitrogens with one attached hydrogen (secondary N) is 1. The Hall–Kier alpha value is -1.07. The zero-order chi connectivity index (χ0) is 15.6. The molecule has 0 saturated heterocycles. The summed E-state index contributed by atoms with van der Waals surface area (Å²) in [4.78, 5) is 0. The molecular formula is C15H19Cl2N3O. The SMILES string of the molecule is Cc1c(C(C)NCC(C)O)cnn1-c1ccc(Cl)cc1Cl. The van der Waals surface area contributed by atoms with Gasteiger partial charge in [0.2, 0.25) is 0 Å². The predicted molar refractivity (Wildman–Crippen MR) is 86.4 cm³/mol. The van der Waals surface area contributed by atoms with Crippen LogP contribution in [0.25, 0.3) is 5.69 Å². The third kappa shape index (κ3) is 3.77. The first-order chi connectivity index (χ1) is 9.90. The molecule has 4 nitrogen and oxygen atoms in total. The quantitative estimate of drug-likeness (QED) is 0.883. The summed E-state index contributed by atoms with van der Waals surface area (Å²) in [5.74, 6) is 0. The van der Waals surface area contributed by atoms with Crippen LogP contribution in [-0.2, 0) is 0 Å². The van der Waals surface area contributed by atoms with Gasteiger partial charge in [0.15, 0.2) is 0 Å². The largest absolute Gasteiger partial charge is 0.392 e. The molecule has 0 aliphatic carbocycles. The highest BCUT2D eigenvalue weighted by Gasteiger charge is 2.15. The number of hydrogen-bond donors (Lipinski definition) is 2.